The van der Waals surface area contributed by atoms with Gasteiger partial charge in [0.15, 0.2) is 0 Å². The van der Waals surface area contributed by atoms with E-state index in [-0.39, 0.29) is 11.5 Å². The van der Waals surface area contributed by atoms with Crippen molar-refractivity contribution < 1.29 is 4.79 Å². The number of aromatic nitrogens is 3. The first-order valence-corrected chi connectivity index (χ1v) is 8.52. The number of amides is 1. The summed E-state index contributed by atoms with van der Waals surface area (Å²) in [5.74, 6) is -0.0679. The Labute approximate surface area is 149 Å². The summed E-state index contributed by atoms with van der Waals surface area (Å²) in [6.07, 6.45) is 4.32. The van der Waals surface area contributed by atoms with E-state index in [9.17, 15) is 9.59 Å². The van der Waals surface area contributed by atoms with Crippen molar-refractivity contribution in [2.24, 2.45) is 0 Å². The van der Waals surface area contributed by atoms with Crippen molar-refractivity contribution in [2.45, 2.75) is 19.4 Å². The van der Waals surface area contributed by atoms with Crippen LogP contribution in [0.2, 0.25) is 0 Å². The van der Waals surface area contributed by atoms with Gasteiger partial charge in [0.25, 0.3) is 5.56 Å². The van der Waals surface area contributed by atoms with Crippen LogP contribution in [0.4, 0.5) is 5.69 Å². The Morgan fingerprint density at radius 3 is 2.96 bits per heavy atom. The Bertz CT molecular complexity index is 1140. The van der Waals surface area contributed by atoms with Crippen molar-refractivity contribution in [3.8, 4) is 0 Å². The monoisotopic (exact) mass is 346 g/mol. The molecule has 2 heterocycles. The number of anilines is 1. The molecule has 26 heavy (non-hydrogen) atoms. The molecular formula is C20H18N4O2. The van der Waals surface area contributed by atoms with E-state index in [4.69, 9.17) is 0 Å². The number of para-hydroxylation sites is 1. The van der Waals surface area contributed by atoms with Crippen LogP contribution in [0.25, 0.3) is 21.8 Å². The number of aromatic amines is 1. The van der Waals surface area contributed by atoms with Crippen LogP contribution in [0.1, 0.15) is 12.8 Å². The number of carbonyl (C=O) groups is 1. The quantitative estimate of drug-likeness (QED) is 0.582. The maximum atomic E-state index is 12.4. The van der Waals surface area contributed by atoms with Crippen LogP contribution < -0.4 is 10.9 Å². The molecule has 6 nitrogen and oxygen atoms in total. The van der Waals surface area contributed by atoms with Crippen molar-refractivity contribution in [3.63, 3.8) is 0 Å². The molecule has 0 atom stereocenters. The lowest BCUT2D eigenvalue weighted by Crippen LogP contribution is -2.21. The molecule has 0 unspecified atom stereocenters. The molecule has 0 bridgehead atoms. The van der Waals surface area contributed by atoms with Crippen molar-refractivity contribution in [2.75, 3.05) is 5.32 Å². The van der Waals surface area contributed by atoms with Crippen LogP contribution in [0, 0.1) is 0 Å². The molecule has 1 amide bonds. The van der Waals surface area contributed by atoms with Crippen LogP contribution in [-0.4, -0.2) is 20.4 Å². The van der Waals surface area contributed by atoms with Gasteiger partial charge < -0.3 is 10.3 Å². The fraction of sp³-hybridized carbons (Fsp3) is 0.150. The minimum atomic E-state index is -0.0751. The molecule has 4 aromatic rings. The molecule has 0 aliphatic rings. The molecule has 0 saturated carbocycles. The molecule has 0 radical (unpaired) electrons. The topological polar surface area (TPSA) is 79.8 Å². The van der Waals surface area contributed by atoms with Gasteiger partial charge in [0.1, 0.15) is 0 Å². The average molecular weight is 346 g/mol. The van der Waals surface area contributed by atoms with E-state index in [0.29, 0.717) is 30.3 Å². The SMILES string of the molecule is O=C(CCCn1cnc2ccccc2c1=O)Nc1ccc2[nH]ccc2c1. The Kier molecular flexibility index (Phi) is 4.23. The zero-order valence-electron chi connectivity index (χ0n) is 14.1. The molecule has 2 aromatic heterocycles. The molecule has 0 aliphatic carbocycles. The second kappa shape index (κ2) is 6.84. The highest BCUT2D eigenvalue weighted by molar-refractivity contribution is 5.93. The minimum Gasteiger partial charge on any atom is -0.361 e. The first-order chi connectivity index (χ1) is 12.7. The number of H-pyrrole nitrogens is 1. The van der Waals surface area contributed by atoms with Gasteiger partial charge in [0, 0.05) is 35.8 Å². The first kappa shape index (κ1) is 16.1. The smallest absolute Gasteiger partial charge is 0.261 e. The number of rotatable bonds is 5. The highest BCUT2D eigenvalue weighted by Crippen LogP contribution is 2.18. The molecular weight excluding hydrogens is 328 g/mol. The number of hydrogen-bond acceptors (Lipinski definition) is 3. The summed E-state index contributed by atoms with van der Waals surface area (Å²) in [6, 6.07) is 15.0. The summed E-state index contributed by atoms with van der Waals surface area (Å²) >= 11 is 0. The molecule has 0 fully saturated rings. The van der Waals surface area contributed by atoms with Gasteiger partial charge >= 0.3 is 0 Å². The zero-order chi connectivity index (χ0) is 17.9. The number of nitrogens with one attached hydrogen (secondary N) is 2. The van der Waals surface area contributed by atoms with Crippen LogP contribution in [0.15, 0.2) is 65.8 Å². The van der Waals surface area contributed by atoms with Gasteiger partial charge in [-0.15, -0.1) is 0 Å². The molecule has 0 spiro atoms. The predicted molar refractivity (Wildman–Crippen MR) is 102 cm³/mol. The van der Waals surface area contributed by atoms with Gasteiger partial charge in [-0.3, -0.25) is 14.2 Å². The highest BCUT2D eigenvalue weighted by Gasteiger charge is 2.06. The predicted octanol–water partition coefficient (Wildman–Crippen LogP) is 3.30. The van der Waals surface area contributed by atoms with Gasteiger partial charge in [-0.05, 0) is 42.8 Å². The van der Waals surface area contributed by atoms with Crippen LogP contribution in [0.5, 0.6) is 0 Å². The van der Waals surface area contributed by atoms with Crippen molar-refractivity contribution in [1.82, 2.24) is 14.5 Å². The zero-order valence-corrected chi connectivity index (χ0v) is 14.1. The average Bonchev–Trinajstić information content (AvgIpc) is 3.11. The molecule has 6 heteroatoms. The lowest BCUT2D eigenvalue weighted by molar-refractivity contribution is -0.116. The van der Waals surface area contributed by atoms with E-state index < -0.39 is 0 Å². The summed E-state index contributed by atoms with van der Waals surface area (Å²) in [5, 5.41) is 4.55. The van der Waals surface area contributed by atoms with Crippen LogP contribution in [0.3, 0.4) is 0 Å². The van der Waals surface area contributed by atoms with Crippen LogP contribution in [-0.2, 0) is 11.3 Å². The molecule has 0 saturated heterocycles. The lowest BCUT2D eigenvalue weighted by atomic mass is 10.2. The third-order valence-corrected chi connectivity index (χ3v) is 4.37. The van der Waals surface area contributed by atoms with E-state index in [1.165, 1.54) is 0 Å². The number of nitrogens with zero attached hydrogens (tertiary/aromatic N) is 2. The molecule has 2 N–H and O–H groups in total. The normalized spacial score (nSPS) is 11.1. The number of carbonyl (C=O) groups excluding carboxylic acids is 1. The highest BCUT2D eigenvalue weighted by atomic mass is 16.1. The second-order valence-electron chi connectivity index (χ2n) is 6.19. The second-order valence-corrected chi connectivity index (χ2v) is 6.19. The number of aryl methyl sites for hydroxylation is 1. The Balaban J connectivity index is 1.37. The van der Waals surface area contributed by atoms with Crippen LogP contribution >= 0.6 is 0 Å². The summed E-state index contributed by atoms with van der Waals surface area (Å²) in [6.45, 7) is 0.459. The maximum Gasteiger partial charge on any atom is 0.261 e. The van der Waals surface area contributed by atoms with E-state index in [1.54, 1.807) is 17.0 Å². The van der Waals surface area contributed by atoms with Gasteiger partial charge in [0.2, 0.25) is 5.91 Å². The lowest BCUT2D eigenvalue weighted by Gasteiger charge is -2.08. The van der Waals surface area contributed by atoms with Gasteiger partial charge in [-0.25, -0.2) is 4.98 Å². The summed E-state index contributed by atoms with van der Waals surface area (Å²) < 4.78 is 1.56. The van der Waals surface area contributed by atoms with Crippen molar-refractivity contribution in [1.29, 1.82) is 0 Å². The Morgan fingerprint density at radius 1 is 1.15 bits per heavy atom. The summed E-state index contributed by atoms with van der Waals surface area (Å²) in [5.41, 5.74) is 2.42. The van der Waals surface area contributed by atoms with E-state index in [1.807, 2.05) is 48.7 Å². The Hall–Kier alpha value is -3.41. The van der Waals surface area contributed by atoms with Gasteiger partial charge in [0.05, 0.1) is 17.2 Å². The van der Waals surface area contributed by atoms with E-state index >= 15 is 0 Å². The summed E-state index contributed by atoms with van der Waals surface area (Å²) in [4.78, 5) is 32.0. The van der Waals surface area contributed by atoms with E-state index in [0.717, 1.165) is 16.6 Å². The molecule has 0 aliphatic heterocycles. The van der Waals surface area contributed by atoms with Gasteiger partial charge in [-0.1, -0.05) is 12.1 Å². The fourth-order valence-electron chi connectivity index (χ4n) is 3.03. The van der Waals surface area contributed by atoms with Crippen molar-refractivity contribution >= 4 is 33.4 Å². The molecule has 4 rings (SSSR count). The molecule has 2 aromatic carbocycles. The number of benzene rings is 2. The summed E-state index contributed by atoms with van der Waals surface area (Å²) in [7, 11) is 0. The first-order valence-electron chi connectivity index (χ1n) is 8.52. The Morgan fingerprint density at radius 2 is 2.04 bits per heavy atom. The fourth-order valence-corrected chi connectivity index (χ4v) is 3.03. The largest absolute Gasteiger partial charge is 0.361 e. The van der Waals surface area contributed by atoms with E-state index in [2.05, 4.69) is 15.3 Å². The van der Waals surface area contributed by atoms with Crippen molar-refractivity contribution in [3.05, 3.63) is 71.4 Å². The minimum absolute atomic E-state index is 0.0679. The molecule has 130 valence electrons. The number of hydrogen-bond donors (Lipinski definition) is 2. The third-order valence-electron chi connectivity index (χ3n) is 4.37. The maximum absolute atomic E-state index is 12.4. The standard InChI is InChI=1S/C20H18N4O2/c25-19(23-15-7-8-17-14(12-15)9-10-21-17)6-3-11-24-13-22-18-5-2-1-4-16(18)20(24)26/h1-2,4-5,7-10,12-13,21H,3,6,11H2,(H,23,25). The van der Waals surface area contributed by atoms with Gasteiger partial charge in [-0.2, -0.15) is 0 Å². The number of fused-ring (bicyclic) bond motifs is 2. The third kappa shape index (κ3) is 3.21.